The molecule has 0 unspecified atom stereocenters. The highest BCUT2D eigenvalue weighted by Gasteiger charge is 2.02. The van der Waals surface area contributed by atoms with Crippen molar-refractivity contribution < 1.29 is 4.84 Å². The van der Waals surface area contributed by atoms with Gasteiger partial charge in [-0.25, -0.2) is 4.99 Å². The average molecular weight is 86.1 g/mol. The predicted molar refractivity (Wildman–Crippen MR) is 20.1 cm³/mol. The van der Waals surface area contributed by atoms with Gasteiger partial charge in [-0.3, -0.25) is 5.73 Å². The summed E-state index contributed by atoms with van der Waals surface area (Å²) in [5.41, 5.74) is 7.31. The van der Waals surface area contributed by atoms with E-state index < -0.39 is 0 Å². The predicted octanol–water partition coefficient (Wildman–Crippen LogP) is -1.04. The van der Waals surface area contributed by atoms with Crippen molar-refractivity contribution in [1.82, 2.24) is 5.48 Å². The summed E-state index contributed by atoms with van der Waals surface area (Å²) in [5.74, 6) is 0. The van der Waals surface area contributed by atoms with Gasteiger partial charge in [-0.05, 0) is 0 Å². The van der Waals surface area contributed by atoms with Gasteiger partial charge in [-0.2, -0.15) is 0 Å². The number of hydroxylamine groups is 1. The standard InChI is InChI=1S/C2H4N3O/c3-2-4-1-6-5-2/h1,5H,3H2. The average Bonchev–Trinajstić information content (AvgIpc) is 1.86. The summed E-state index contributed by atoms with van der Waals surface area (Å²) >= 11 is 0. The largest absolute Gasteiger partial charge is 0.393 e. The minimum Gasteiger partial charge on any atom is -0.393 e. The lowest BCUT2D eigenvalue weighted by Gasteiger charge is -1.89. The molecule has 0 saturated heterocycles. The van der Waals surface area contributed by atoms with Crippen LogP contribution in [0.1, 0.15) is 0 Å². The third-order valence-corrected chi connectivity index (χ3v) is 0.408. The molecule has 6 heavy (non-hydrogen) atoms. The van der Waals surface area contributed by atoms with Crippen LogP contribution in [-0.4, -0.2) is 6.40 Å². The molecule has 0 bridgehead atoms. The second-order valence-corrected chi connectivity index (χ2v) is 0.840. The first-order valence-corrected chi connectivity index (χ1v) is 1.46. The van der Waals surface area contributed by atoms with Crippen LogP contribution in [0.2, 0.25) is 0 Å². The molecule has 1 aliphatic rings. The highest BCUT2D eigenvalue weighted by molar-refractivity contribution is 5.49. The van der Waals surface area contributed by atoms with Gasteiger partial charge in [-0.15, -0.1) is 5.48 Å². The van der Waals surface area contributed by atoms with E-state index in [1.807, 2.05) is 0 Å². The van der Waals surface area contributed by atoms with Crippen molar-refractivity contribution in [3.05, 3.63) is 6.29 Å². The van der Waals surface area contributed by atoms with Crippen LogP contribution in [0.15, 0.2) is 4.99 Å². The van der Waals surface area contributed by atoms with Gasteiger partial charge < -0.3 is 4.84 Å². The first-order chi connectivity index (χ1) is 2.89. The lowest BCUT2D eigenvalue weighted by molar-refractivity contribution is 0.225. The molecule has 1 radical (unpaired) electrons. The van der Waals surface area contributed by atoms with Crippen LogP contribution in [0.3, 0.4) is 0 Å². The summed E-state index contributed by atoms with van der Waals surface area (Å²) < 4.78 is 0. The van der Waals surface area contributed by atoms with Gasteiger partial charge in [-0.1, -0.05) is 0 Å². The molecule has 0 aliphatic carbocycles. The van der Waals surface area contributed by atoms with Gasteiger partial charge in [0.25, 0.3) is 6.29 Å². The number of aliphatic imine (C=N–C) groups is 1. The zero-order valence-electron chi connectivity index (χ0n) is 3.01. The number of nitrogens with one attached hydrogen (secondary N) is 1. The molecule has 1 aliphatic heterocycles. The van der Waals surface area contributed by atoms with Crippen LogP contribution in [0.5, 0.6) is 0 Å². The van der Waals surface area contributed by atoms with E-state index in [4.69, 9.17) is 5.73 Å². The molecule has 4 heteroatoms. The van der Waals surface area contributed by atoms with Crippen molar-refractivity contribution in [2.45, 2.75) is 0 Å². The number of rotatable bonds is 0. The number of hydrogen-bond acceptors (Lipinski definition) is 4. The number of nitrogens with zero attached hydrogens (tertiary/aromatic N) is 1. The molecule has 0 aromatic heterocycles. The van der Waals surface area contributed by atoms with Crippen LogP contribution < -0.4 is 11.2 Å². The molecule has 0 aromatic carbocycles. The van der Waals surface area contributed by atoms with Gasteiger partial charge >= 0.3 is 0 Å². The quantitative estimate of drug-likeness (QED) is 0.395. The maximum atomic E-state index is 5.02. The highest BCUT2D eigenvalue weighted by Crippen LogP contribution is 1.87. The SMILES string of the molecule is N[C]1N=CON1. The Balaban J connectivity index is 2.38. The lowest BCUT2D eigenvalue weighted by atomic mass is 11.0. The normalized spacial score (nSPS) is 21.5. The van der Waals surface area contributed by atoms with Crippen molar-refractivity contribution >= 4 is 6.40 Å². The molecule has 1 rings (SSSR count). The molecule has 1 heterocycles. The molecule has 4 nitrogen and oxygen atoms in total. The lowest BCUT2D eigenvalue weighted by Crippen LogP contribution is -2.20. The Bertz CT molecular complexity index is 71.2. The first-order valence-electron chi connectivity index (χ1n) is 1.46. The van der Waals surface area contributed by atoms with Crippen molar-refractivity contribution in [2.24, 2.45) is 10.7 Å². The van der Waals surface area contributed by atoms with Gasteiger partial charge in [0.1, 0.15) is 0 Å². The van der Waals surface area contributed by atoms with Crippen molar-refractivity contribution in [3.8, 4) is 0 Å². The molecule has 33 valence electrons. The third kappa shape index (κ3) is 0.474. The smallest absolute Gasteiger partial charge is 0.252 e. The molecule has 0 spiro atoms. The molecule has 0 saturated carbocycles. The fraction of sp³-hybridized carbons (Fsp3) is 0. The minimum atomic E-state index is 0.301. The molecular weight excluding hydrogens is 82.0 g/mol. The Hall–Kier alpha value is -0.610. The highest BCUT2D eigenvalue weighted by atomic mass is 16.7. The Morgan fingerprint density at radius 3 is 3.00 bits per heavy atom. The van der Waals surface area contributed by atoms with E-state index >= 15 is 0 Å². The van der Waals surface area contributed by atoms with Crippen LogP contribution >= 0.6 is 0 Å². The van der Waals surface area contributed by atoms with E-state index in [2.05, 4.69) is 15.3 Å². The fourth-order valence-corrected chi connectivity index (χ4v) is 0.196. The second-order valence-electron chi connectivity index (χ2n) is 0.840. The Morgan fingerprint density at radius 1 is 2.00 bits per heavy atom. The van der Waals surface area contributed by atoms with Gasteiger partial charge in [0.15, 0.2) is 6.40 Å². The van der Waals surface area contributed by atoms with Crippen LogP contribution in [0.4, 0.5) is 0 Å². The topological polar surface area (TPSA) is 59.6 Å². The Kier molecular flexibility index (Phi) is 0.736. The van der Waals surface area contributed by atoms with Gasteiger partial charge in [0, 0.05) is 0 Å². The summed E-state index contributed by atoms with van der Waals surface area (Å²) in [5, 5.41) is 0. The van der Waals surface area contributed by atoms with Crippen LogP contribution in [0.25, 0.3) is 0 Å². The summed E-state index contributed by atoms with van der Waals surface area (Å²) in [7, 11) is 0. The zero-order chi connectivity index (χ0) is 4.41. The fourth-order valence-electron chi connectivity index (χ4n) is 0.196. The van der Waals surface area contributed by atoms with E-state index in [0.717, 1.165) is 0 Å². The molecular formula is C2H4N3O. The summed E-state index contributed by atoms with van der Waals surface area (Å²) in [6, 6.07) is 0. The zero-order valence-corrected chi connectivity index (χ0v) is 3.01. The van der Waals surface area contributed by atoms with Gasteiger partial charge in [0.05, 0.1) is 0 Å². The van der Waals surface area contributed by atoms with Gasteiger partial charge in [0.2, 0.25) is 0 Å². The first kappa shape index (κ1) is 3.58. The molecule has 3 N–H and O–H groups in total. The second kappa shape index (κ2) is 1.24. The van der Waals surface area contributed by atoms with Crippen molar-refractivity contribution in [3.63, 3.8) is 0 Å². The molecule has 0 aromatic rings. The van der Waals surface area contributed by atoms with E-state index in [1.54, 1.807) is 0 Å². The van der Waals surface area contributed by atoms with Crippen LogP contribution in [0, 0.1) is 6.29 Å². The molecule has 0 amide bonds. The molecule has 0 atom stereocenters. The van der Waals surface area contributed by atoms with Crippen LogP contribution in [-0.2, 0) is 4.84 Å². The maximum absolute atomic E-state index is 5.02. The van der Waals surface area contributed by atoms with Crippen molar-refractivity contribution in [1.29, 1.82) is 0 Å². The third-order valence-electron chi connectivity index (χ3n) is 0.408. The van der Waals surface area contributed by atoms with E-state index in [1.165, 1.54) is 6.40 Å². The summed E-state index contributed by atoms with van der Waals surface area (Å²) in [6.07, 6.45) is 1.53. The maximum Gasteiger partial charge on any atom is 0.252 e. The minimum absolute atomic E-state index is 0.301. The molecule has 0 fully saturated rings. The number of hydrogen-bond donors (Lipinski definition) is 2. The Labute approximate surface area is 35.0 Å². The van der Waals surface area contributed by atoms with Crippen molar-refractivity contribution in [2.75, 3.05) is 0 Å². The Morgan fingerprint density at radius 2 is 2.83 bits per heavy atom. The summed E-state index contributed by atoms with van der Waals surface area (Å²) in [6.45, 7) is 0. The van der Waals surface area contributed by atoms with E-state index in [9.17, 15) is 0 Å². The van der Waals surface area contributed by atoms with E-state index in [-0.39, 0.29) is 0 Å². The monoisotopic (exact) mass is 86.0 g/mol. The van der Waals surface area contributed by atoms with E-state index in [0.29, 0.717) is 6.29 Å². The number of nitrogens with two attached hydrogens (primary N) is 1. The summed E-state index contributed by atoms with van der Waals surface area (Å²) in [4.78, 5) is 7.83.